The molecule has 1 aliphatic heterocycles. The van der Waals surface area contributed by atoms with Crippen molar-refractivity contribution in [2.75, 3.05) is 18.8 Å². The highest BCUT2D eigenvalue weighted by Crippen LogP contribution is 2.34. The Morgan fingerprint density at radius 1 is 1.29 bits per heavy atom. The summed E-state index contributed by atoms with van der Waals surface area (Å²) in [7, 11) is 0. The first-order valence-corrected chi connectivity index (χ1v) is 9.18. The Labute approximate surface area is 141 Å². The summed E-state index contributed by atoms with van der Waals surface area (Å²) < 4.78 is 0. The van der Waals surface area contributed by atoms with E-state index in [1.807, 2.05) is 23.9 Å². The van der Waals surface area contributed by atoms with Gasteiger partial charge in [-0.15, -0.1) is 0 Å². The smallest absolute Gasteiger partial charge is 0.156 e. The van der Waals surface area contributed by atoms with E-state index in [0.29, 0.717) is 10.4 Å². The van der Waals surface area contributed by atoms with Crippen LogP contribution in [0.5, 0.6) is 0 Å². The first kappa shape index (κ1) is 17.0. The van der Waals surface area contributed by atoms with Crippen LogP contribution in [0, 0.1) is 5.41 Å². The molecule has 0 spiro atoms. The molecule has 5 heteroatoms. The highest BCUT2D eigenvalue weighted by atomic mass is 35.5. The number of amidine groups is 1. The van der Waals surface area contributed by atoms with E-state index in [1.54, 1.807) is 6.07 Å². The monoisotopic (exact) mass is 344 g/mol. The summed E-state index contributed by atoms with van der Waals surface area (Å²) in [5, 5.41) is 5.90. The van der Waals surface area contributed by atoms with Gasteiger partial charge >= 0.3 is 0 Å². The Morgan fingerprint density at radius 2 is 2.05 bits per heavy atom. The lowest BCUT2D eigenvalue weighted by Gasteiger charge is -2.33. The lowest BCUT2D eigenvalue weighted by molar-refractivity contribution is 0.318. The van der Waals surface area contributed by atoms with E-state index in [-0.39, 0.29) is 0 Å². The van der Waals surface area contributed by atoms with Gasteiger partial charge in [0.1, 0.15) is 0 Å². The molecular weight excluding hydrogens is 323 g/mol. The van der Waals surface area contributed by atoms with Crippen LogP contribution in [0.15, 0.2) is 23.2 Å². The van der Waals surface area contributed by atoms with Crippen LogP contribution in [0.3, 0.4) is 0 Å². The highest BCUT2D eigenvalue weighted by Gasteiger charge is 2.29. The van der Waals surface area contributed by atoms with Crippen molar-refractivity contribution in [2.24, 2.45) is 10.4 Å². The number of hydrogen-bond acceptors (Lipinski definition) is 3. The lowest BCUT2D eigenvalue weighted by Crippen LogP contribution is -2.35. The Hall–Kier alpha value is -0.380. The predicted molar refractivity (Wildman–Crippen MR) is 95.9 cm³/mol. The summed E-state index contributed by atoms with van der Waals surface area (Å²) in [6, 6.07) is 5.66. The highest BCUT2D eigenvalue weighted by molar-refractivity contribution is 8.13. The largest absolute Gasteiger partial charge is 0.365 e. The van der Waals surface area contributed by atoms with Crippen molar-refractivity contribution in [3.8, 4) is 0 Å². The van der Waals surface area contributed by atoms with Gasteiger partial charge in [0.15, 0.2) is 5.17 Å². The molecule has 2 rings (SSSR count). The van der Waals surface area contributed by atoms with Crippen LogP contribution < -0.4 is 5.32 Å². The van der Waals surface area contributed by atoms with Gasteiger partial charge in [-0.05, 0) is 42.4 Å². The number of halogens is 2. The molecule has 0 aromatic heterocycles. The third-order valence-electron chi connectivity index (χ3n) is 4.26. The average molecular weight is 345 g/mol. The van der Waals surface area contributed by atoms with E-state index in [0.717, 1.165) is 41.0 Å². The summed E-state index contributed by atoms with van der Waals surface area (Å²) >= 11 is 13.9. The van der Waals surface area contributed by atoms with Crippen molar-refractivity contribution in [2.45, 2.75) is 33.1 Å². The van der Waals surface area contributed by atoms with Gasteiger partial charge in [0, 0.05) is 28.9 Å². The van der Waals surface area contributed by atoms with E-state index < -0.39 is 0 Å². The fourth-order valence-corrected chi connectivity index (χ4v) is 4.17. The maximum absolute atomic E-state index is 6.18. The molecule has 0 saturated carbocycles. The van der Waals surface area contributed by atoms with Crippen molar-refractivity contribution in [1.29, 1.82) is 0 Å². The van der Waals surface area contributed by atoms with Crippen molar-refractivity contribution in [3.63, 3.8) is 0 Å². The molecule has 0 aliphatic carbocycles. The molecule has 0 radical (unpaired) electrons. The molecule has 21 heavy (non-hydrogen) atoms. The van der Waals surface area contributed by atoms with Crippen LogP contribution in [-0.2, 0) is 6.42 Å². The second-order valence-electron chi connectivity index (χ2n) is 5.53. The minimum atomic E-state index is 0.398. The third-order valence-corrected chi connectivity index (χ3v) is 6.15. The molecular formula is C16H22Cl2N2S. The van der Waals surface area contributed by atoms with Gasteiger partial charge in [-0.2, -0.15) is 0 Å². The Bertz CT molecular complexity index is 513. The molecule has 0 bridgehead atoms. The SMILES string of the molecule is CCC1(CC)CN=C(NCCc2ccc(Cl)cc2Cl)SC1. The molecule has 1 heterocycles. The molecule has 2 nitrogen and oxygen atoms in total. The summed E-state index contributed by atoms with van der Waals surface area (Å²) in [6.45, 7) is 6.32. The van der Waals surface area contributed by atoms with E-state index >= 15 is 0 Å². The first-order chi connectivity index (χ1) is 10.1. The second-order valence-corrected chi connectivity index (χ2v) is 7.34. The van der Waals surface area contributed by atoms with Crippen LogP contribution in [-0.4, -0.2) is 24.0 Å². The predicted octanol–water partition coefficient (Wildman–Crippen LogP) is 5.03. The number of thioether (sulfide) groups is 1. The summed E-state index contributed by atoms with van der Waals surface area (Å²) in [5.74, 6) is 1.16. The summed E-state index contributed by atoms with van der Waals surface area (Å²) in [5.41, 5.74) is 1.52. The van der Waals surface area contributed by atoms with E-state index in [9.17, 15) is 0 Å². The van der Waals surface area contributed by atoms with Crippen LogP contribution in [0.1, 0.15) is 32.3 Å². The number of nitrogens with zero attached hydrogens (tertiary/aromatic N) is 1. The van der Waals surface area contributed by atoms with E-state index in [2.05, 4.69) is 19.2 Å². The van der Waals surface area contributed by atoms with Crippen molar-refractivity contribution >= 4 is 40.1 Å². The average Bonchev–Trinajstić information content (AvgIpc) is 2.50. The number of nitrogens with one attached hydrogen (secondary N) is 1. The first-order valence-electron chi connectivity index (χ1n) is 7.43. The van der Waals surface area contributed by atoms with Crippen LogP contribution in [0.4, 0.5) is 0 Å². The minimum Gasteiger partial charge on any atom is -0.365 e. The standard InChI is InChI=1S/C16H22Cl2N2S/c1-3-16(4-2)10-20-15(21-11-16)19-8-7-12-5-6-13(17)9-14(12)18/h5-6,9H,3-4,7-8,10-11H2,1-2H3,(H,19,20). The molecule has 0 unspecified atom stereocenters. The Morgan fingerprint density at radius 3 is 2.62 bits per heavy atom. The molecule has 0 saturated heterocycles. The number of aliphatic imine (C=N–C) groups is 1. The van der Waals surface area contributed by atoms with Gasteiger partial charge in [-0.1, -0.05) is 54.9 Å². The molecule has 0 fully saturated rings. The van der Waals surface area contributed by atoms with Crippen LogP contribution >= 0.6 is 35.0 Å². The quantitative estimate of drug-likeness (QED) is 0.809. The molecule has 0 amide bonds. The van der Waals surface area contributed by atoms with E-state index in [1.165, 1.54) is 12.8 Å². The fourth-order valence-electron chi connectivity index (χ4n) is 2.37. The normalized spacial score (nSPS) is 17.4. The molecule has 0 atom stereocenters. The lowest BCUT2D eigenvalue weighted by atomic mass is 9.84. The van der Waals surface area contributed by atoms with Crippen LogP contribution in [0.2, 0.25) is 10.0 Å². The summed E-state index contributed by atoms with van der Waals surface area (Å²) in [6.07, 6.45) is 3.28. The maximum atomic E-state index is 6.18. The zero-order chi connectivity index (χ0) is 15.3. The van der Waals surface area contributed by atoms with Gasteiger partial charge in [0.25, 0.3) is 0 Å². The Balaban J connectivity index is 1.83. The molecule has 1 N–H and O–H groups in total. The second kappa shape index (κ2) is 7.75. The zero-order valence-electron chi connectivity index (χ0n) is 12.6. The van der Waals surface area contributed by atoms with Crippen molar-refractivity contribution in [3.05, 3.63) is 33.8 Å². The molecule has 1 aromatic rings. The van der Waals surface area contributed by atoms with Gasteiger partial charge in [-0.3, -0.25) is 4.99 Å². The number of rotatable bonds is 5. The maximum Gasteiger partial charge on any atom is 0.156 e. The zero-order valence-corrected chi connectivity index (χ0v) is 14.9. The number of benzene rings is 1. The van der Waals surface area contributed by atoms with Crippen LogP contribution in [0.25, 0.3) is 0 Å². The van der Waals surface area contributed by atoms with Crippen molar-refractivity contribution in [1.82, 2.24) is 5.32 Å². The van der Waals surface area contributed by atoms with Gasteiger partial charge in [0.2, 0.25) is 0 Å². The third kappa shape index (κ3) is 4.54. The molecule has 1 aromatic carbocycles. The Kier molecular flexibility index (Phi) is 6.27. The number of hydrogen-bond donors (Lipinski definition) is 1. The summed E-state index contributed by atoms with van der Waals surface area (Å²) in [4.78, 5) is 4.71. The van der Waals surface area contributed by atoms with E-state index in [4.69, 9.17) is 28.2 Å². The van der Waals surface area contributed by atoms with Crippen molar-refractivity contribution < 1.29 is 0 Å². The topological polar surface area (TPSA) is 24.4 Å². The van der Waals surface area contributed by atoms with Gasteiger partial charge in [-0.25, -0.2) is 0 Å². The molecule has 1 aliphatic rings. The van der Waals surface area contributed by atoms with Gasteiger partial charge in [0.05, 0.1) is 0 Å². The minimum absolute atomic E-state index is 0.398. The fraction of sp³-hybridized carbons (Fsp3) is 0.562. The molecule has 116 valence electrons. The van der Waals surface area contributed by atoms with Gasteiger partial charge < -0.3 is 5.32 Å².